The molecule has 2 heterocycles. The van der Waals surface area contributed by atoms with Gasteiger partial charge in [-0.25, -0.2) is 4.79 Å². The fourth-order valence-corrected chi connectivity index (χ4v) is 2.81. The number of rotatable bonds is 3. The Bertz CT molecular complexity index is 322. The highest BCUT2D eigenvalue weighted by atomic mass is 16.6. The fourth-order valence-electron chi connectivity index (χ4n) is 2.81. The average molecular weight is 284 g/mol. The number of hydrogen-bond donors (Lipinski definition) is 1. The average Bonchev–Trinajstić information content (AvgIpc) is 2.84. The number of hydrogen-bond acceptors (Lipinski definition) is 4. The molecule has 20 heavy (non-hydrogen) atoms. The van der Waals surface area contributed by atoms with Gasteiger partial charge in [0.15, 0.2) is 0 Å². The van der Waals surface area contributed by atoms with Gasteiger partial charge in [-0.2, -0.15) is 0 Å². The van der Waals surface area contributed by atoms with Crippen molar-refractivity contribution >= 4 is 6.09 Å². The molecule has 1 amide bonds. The van der Waals surface area contributed by atoms with Gasteiger partial charge in [0, 0.05) is 31.8 Å². The molecule has 0 bridgehead atoms. The third kappa shape index (κ3) is 4.63. The second-order valence-electron chi connectivity index (χ2n) is 6.79. The van der Waals surface area contributed by atoms with Crippen LogP contribution in [0.25, 0.3) is 0 Å². The van der Waals surface area contributed by atoms with E-state index in [0.717, 1.165) is 45.6 Å². The van der Waals surface area contributed by atoms with Crippen LogP contribution < -0.4 is 5.32 Å². The van der Waals surface area contributed by atoms with Crippen LogP contribution in [0.3, 0.4) is 0 Å². The maximum atomic E-state index is 12.2. The van der Waals surface area contributed by atoms with Crippen molar-refractivity contribution in [3.63, 3.8) is 0 Å². The molecule has 5 nitrogen and oxygen atoms in total. The standard InChI is InChI=1S/C15H28N2O3/c1-15(2,3)20-14(18)17-8-4-7-13(17)10-16-12-6-5-9-19-11-12/h12-13,16H,4-11H2,1-3H3. The number of amides is 1. The number of carbonyl (C=O) groups is 1. The van der Waals surface area contributed by atoms with Crippen molar-refractivity contribution in [3.05, 3.63) is 0 Å². The Morgan fingerprint density at radius 1 is 1.35 bits per heavy atom. The molecule has 0 radical (unpaired) electrons. The Hall–Kier alpha value is -0.810. The summed E-state index contributed by atoms with van der Waals surface area (Å²) < 4.78 is 10.9. The zero-order valence-corrected chi connectivity index (χ0v) is 13.0. The van der Waals surface area contributed by atoms with Crippen LogP contribution in [0, 0.1) is 0 Å². The number of ether oxygens (including phenoxy) is 2. The first-order valence-corrected chi connectivity index (χ1v) is 7.76. The van der Waals surface area contributed by atoms with E-state index in [4.69, 9.17) is 9.47 Å². The summed E-state index contributed by atoms with van der Waals surface area (Å²) in [5, 5.41) is 3.54. The Labute approximate surface area is 122 Å². The summed E-state index contributed by atoms with van der Waals surface area (Å²) >= 11 is 0. The molecule has 2 rings (SSSR count). The van der Waals surface area contributed by atoms with E-state index in [1.165, 1.54) is 6.42 Å². The number of carbonyl (C=O) groups excluding carboxylic acids is 1. The first-order chi connectivity index (χ1) is 9.46. The molecule has 2 atom stereocenters. The van der Waals surface area contributed by atoms with E-state index in [0.29, 0.717) is 6.04 Å². The van der Waals surface area contributed by atoms with E-state index < -0.39 is 5.60 Å². The molecule has 2 fully saturated rings. The highest BCUT2D eigenvalue weighted by Crippen LogP contribution is 2.20. The Morgan fingerprint density at radius 3 is 2.80 bits per heavy atom. The topological polar surface area (TPSA) is 50.8 Å². The Kier molecular flexibility index (Phi) is 5.27. The zero-order valence-electron chi connectivity index (χ0n) is 13.0. The molecular formula is C15H28N2O3. The lowest BCUT2D eigenvalue weighted by molar-refractivity contribution is 0.0214. The summed E-state index contributed by atoms with van der Waals surface area (Å²) in [5.74, 6) is 0. The first kappa shape index (κ1) is 15.6. The minimum absolute atomic E-state index is 0.179. The minimum Gasteiger partial charge on any atom is -0.444 e. The molecule has 2 aliphatic heterocycles. The van der Waals surface area contributed by atoms with E-state index in [-0.39, 0.29) is 12.1 Å². The monoisotopic (exact) mass is 284 g/mol. The molecule has 2 aliphatic rings. The van der Waals surface area contributed by atoms with Crippen molar-refractivity contribution < 1.29 is 14.3 Å². The van der Waals surface area contributed by atoms with Crippen molar-refractivity contribution in [3.8, 4) is 0 Å². The molecule has 0 saturated carbocycles. The largest absolute Gasteiger partial charge is 0.444 e. The second-order valence-corrected chi connectivity index (χ2v) is 6.79. The van der Waals surface area contributed by atoms with E-state index >= 15 is 0 Å². The van der Waals surface area contributed by atoms with Crippen LogP contribution in [0.2, 0.25) is 0 Å². The van der Waals surface area contributed by atoms with Gasteiger partial charge in [0.2, 0.25) is 0 Å². The van der Waals surface area contributed by atoms with E-state index in [1.807, 2.05) is 25.7 Å². The lowest BCUT2D eigenvalue weighted by atomic mass is 10.1. The van der Waals surface area contributed by atoms with Crippen LogP contribution in [0.4, 0.5) is 4.79 Å². The number of nitrogens with one attached hydrogen (secondary N) is 1. The predicted octanol–water partition coefficient (Wildman–Crippen LogP) is 2.15. The normalized spacial score (nSPS) is 27.6. The van der Waals surface area contributed by atoms with Gasteiger partial charge in [0.05, 0.1) is 6.61 Å². The van der Waals surface area contributed by atoms with Crippen molar-refractivity contribution in [1.82, 2.24) is 10.2 Å². The van der Waals surface area contributed by atoms with Gasteiger partial charge < -0.3 is 19.7 Å². The molecule has 0 spiro atoms. The third-order valence-corrected chi connectivity index (χ3v) is 3.81. The molecule has 2 unspecified atom stereocenters. The quantitative estimate of drug-likeness (QED) is 0.863. The third-order valence-electron chi connectivity index (χ3n) is 3.81. The van der Waals surface area contributed by atoms with E-state index in [9.17, 15) is 4.79 Å². The van der Waals surface area contributed by atoms with Gasteiger partial charge in [-0.1, -0.05) is 0 Å². The van der Waals surface area contributed by atoms with Crippen molar-refractivity contribution in [1.29, 1.82) is 0 Å². The van der Waals surface area contributed by atoms with Crippen LogP contribution in [0.1, 0.15) is 46.5 Å². The highest BCUT2D eigenvalue weighted by molar-refractivity contribution is 5.69. The smallest absolute Gasteiger partial charge is 0.410 e. The molecule has 0 aliphatic carbocycles. The van der Waals surface area contributed by atoms with E-state index in [2.05, 4.69) is 5.32 Å². The maximum absolute atomic E-state index is 12.2. The molecule has 0 aromatic heterocycles. The molecule has 5 heteroatoms. The zero-order chi connectivity index (χ0) is 14.6. The van der Waals surface area contributed by atoms with Crippen LogP contribution in [0.5, 0.6) is 0 Å². The van der Waals surface area contributed by atoms with Crippen LogP contribution >= 0.6 is 0 Å². The van der Waals surface area contributed by atoms with Crippen LogP contribution in [0.15, 0.2) is 0 Å². The summed E-state index contributed by atoms with van der Waals surface area (Å²) in [7, 11) is 0. The molecule has 1 N–H and O–H groups in total. The number of nitrogens with zero attached hydrogens (tertiary/aromatic N) is 1. The summed E-state index contributed by atoms with van der Waals surface area (Å²) in [6.45, 7) is 9.05. The van der Waals surface area contributed by atoms with Crippen molar-refractivity contribution in [2.75, 3.05) is 26.3 Å². The molecule has 116 valence electrons. The van der Waals surface area contributed by atoms with Crippen molar-refractivity contribution in [2.45, 2.75) is 64.1 Å². The minimum atomic E-state index is -0.422. The Morgan fingerprint density at radius 2 is 2.15 bits per heavy atom. The molecule has 0 aromatic rings. The SMILES string of the molecule is CC(C)(C)OC(=O)N1CCCC1CNC1CCCOC1. The van der Waals surface area contributed by atoms with Gasteiger partial charge in [0.25, 0.3) is 0 Å². The van der Waals surface area contributed by atoms with Gasteiger partial charge in [-0.3, -0.25) is 0 Å². The van der Waals surface area contributed by atoms with Gasteiger partial charge in [-0.15, -0.1) is 0 Å². The van der Waals surface area contributed by atoms with Crippen molar-refractivity contribution in [2.24, 2.45) is 0 Å². The summed E-state index contributed by atoms with van der Waals surface area (Å²) in [5.41, 5.74) is -0.422. The fraction of sp³-hybridized carbons (Fsp3) is 0.933. The summed E-state index contributed by atoms with van der Waals surface area (Å²) in [4.78, 5) is 14.1. The van der Waals surface area contributed by atoms with Crippen LogP contribution in [-0.4, -0.2) is 55.0 Å². The van der Waals surface area contributed by atoms with Gasteiger partial charge in [0.1, 0.15) is 5.60 Å². The summed E-state index contributed by atoms with van der Waals surface area (Å²) in [6.07, 6.45) is 4.23. The lowest BCUT2D eigenvalue weighted by Crippen LogP contribution is -2.47. The van der Waals surface area contributed by atoms with E-state index in [1.54, 1.807) is 0 Å². The first-order valence-electron chi connectivity index (χ1n) is 7.76. The molecular weight excluding hydrogens is 256 g/mol. The maximum Gasteiger partial charge on any atom is 0.410 e. The van der Waals surface area contributed by atoms with Crippen LogP contribution in [-0.2, 0) is 9.47 Å². The highest BCUT2D eigenvalue weighted by Gasteiger charge is 2.32. The molecule has 2 saturated heterocycles. The van der Waals surface area contributed by atoms with Gasteiger partial charge >= 0.3 is 6.09 Å². The lowest BCUT2D eigenvalue weighted by Gasteiger charge is -2.30. The second kappa shape index (κ2) is 6.76. The number of likely N-dealkylation sites (tertiary alicyclic amines) is 1. The molecule has 0 aromatic carbocycles. The Balaban J connectivity index is 1.79. The predicted molar refractivity (Wildman–Crippen MR) is 77.8 cm³/mol. The summed E-state index contributed by atoms with van der Waals surface area (Å²) in [6, 6.07) is 0.691. The van der Waals surface area contributed by atoms with Gasteiger partial charge in [-0.05, 0) is 46.5 Å².